The van der Waals surface area contributed by atoms with Crippen molar-refractivity contribution in [1.29, 1.82) is 0 Å². The molecule has 54 valence electrons. The van der Waals surface area contributed by atoms with Crippen LogP contribution in [0.5, 0.6) is 0 Å². The fourth-order valence-electron chi connectivity index (χ4n) is 0.805. The maximum Gasteiger partial charge on any atom is 0.248 e. The normalized spacial score (nSPS) is 16.9. The van der Waals surface area contributed by atoms with Crippen LogP contribution in [-0.4, -0.2) is 5.91 Å². The largest absolute Gasteiger partial charge is 0.469 e. The molecule has 0 unspecified atom stereocenters. The van der Waals surface area contributed by atoms with E-state index >= 15 is 0 Å². The van der Waals surface area contributed by atoms with Gasteiger partial charge in [0.25, 0.3) is 0 Å². The van der Waals surface area contributed by atoms with E-state index in [2.05, 4.69) is 0 Å². The number of carbonyl (C=O) groups excluding carboxylic acids is 1. The molecule has 1 heterocycles. The molecule has 1 rings (SSSR count). The van der Waals surface area contributed by atoms with E-state index in [1.54, 1.807) is 19.3 Å². The highest BCUT2D eigenvalue weighted by Crippen LogP contribution is 2.15. The predicted molar refractivity (Wildman–Crippen MR) is 36.7 cm³/mol. The summed E-state index contributed by atoms with van der Waals surface area (Å²) in [5.41, 5.74) is 5.60. The van der Waals surface area contributed by atoms with E-state index in [9.17, 15) is 4.79 Å². The van der Waals surface area contributed by atoms with Crippen LogP contribution in [0.2, 0.25) is 0 Å². The highest BCUT2D eigenvalue weighted by Gasteiger charge is 2.10. The zero-order chi connectivity index (χ0) is 7.56. The maximum atomic E-state index is 10.6. The monoisotopic (exact) mass is 139 g/mol. The van der Waals surface area contributed by atoms with Gasteiger partial charge in [-0.3, -0.25) is 4.79 Å². The summed E-state index contributed by atoms with van der Waals surface area (Å²) in [6, 6.07) is 0. The molecule has 0 atom stereocenters. The van der Waals surface area contributed by atoms with Crippen molar-refractivity contribution in [3.63, 3.8) is 0 Å². The lowest BCUT2D eigenvalue weighted by atomic mass is 10.1. The van der Waals surface area contributed by atoms with Crippen LogP contribution in [-0.2, 0) is 9.53 Å². The Hall–Kier alpha value is -1.25. The Morgan fingerprint density at radius 1 is 1.80 bits per heavy atom. The minimum absolute atomic E-state index is 0.401. The second kappa shape index (κ2) is 2.56. The number of primary amides is 1. The molecular formula is C7H9NO2. The Bertz CT molecular complexity index is 216. The van der Waals surface area contributed by atoms with Crippen LogP contribution in [0.4, 0.5) is 0 Å². The molecule has 0 aromatic heterocycles. The molecule has 1 aliphatic heterocycles. The Labute approximate surface area is 59.2 Å². The summed E-state index contributed by atoms with van der Waals surface area (Å²) in [6.07, 6.45) is 3.90. The average Bonchev–Trinajstić information content (AvgIpc) is 1.88. The quantitative estimate of drug-likeness (QED) is 0.580. The highest BCUT2D eigenvalue weighted by atomic mass is 16.5. The van der Waals surface area contributed by atoms with Gasteiger partial charge in [0.05, 0.1) is 11.8 Å². The van der Waals surface area contributed by atoms with Crippen molar-refractivity contribution >= 4 is 5.91 Å². The summed E-state index contributed by atoms with van der Waals surface area (Å²) in [7, 11) is 0. The Morgan fingerprint density at radius 2 is 2.50 bits per heavy atom. The van der Waals surface area contributed by atoms with Crippen molar-refractivity contribution in [1.82, 2.24) is 0 Å². The SMILES string of the molecule is CC1=C(C(N)=O)CC=CO1. The van der Waals surface area contributed by atoms with Crippen LogP contribution in [0, 0.1) is 0 Å². The molecule has 0 spiro atoms. The van der Waals surface area contributed by atoms with Gasteiger partial charge in [0.1, 0.15) is 5.76 Å². The van der Waals surface area contributed by atoms with Crippen molar-refractivity contribution in [2.24, 2.45) is 5.73 Å². The molecule has 0 fully saturated rings. The molecule has 3 nitrogen and oxygen atoms in total. The van der Waals surface area contributed by atoms with E-state index in [0.717, 1.165) is 0 Å². The number of carbonyl (C=O) groups is 1. The third-order valence-electron chi connectivity index (χ3n) is 1.39. The van der Waals surface area contributed by atoms with Gasteiger partial charge in [-0.15, -0.1) is 0 Å². The van der Waals surface area contributed by atoms with Gasteiger partial charge < -0.3 is 10.5 Å². The minimum Gasteiger partial charge on any atom is -0.469 e. The van der Waals surface area contributed by atoms with Gasteiger partial charge in [-0.05, 0) is 13.0 Å². The highest BCUT2D eigenvalue weighted by molar-refractivity contribution is 5.92. The van der Waals surface area contributed by atoms with Crippen molar-refractivity contribution in [3.05, 3.63) is 23.7 Å². The number of rotatable bonds is 1. The summed E-state index contributed by atoms with van der Waals surface area (Å²) in [4.78, 5) is 10.6. The van der Waals surface area contributed by atoms with Crippen LogP contribution in [0.3, 0.4) is 0 Å². The maximum absolute atomic E-state index is 10.6. The second-order valence-corrected chi connectivity index (χ2v) is 2.09. The van der Waals surface area contributed by atoms with Crippen LogP contribution in [0.25, 0.3) is 0 Å². The molecule has 1 aliphatic rings. The number of allylic oxidation sites excluding steroid dienone is 2. The Balaban J connectivity index is 2.81. The van der Waals surface area contributed by atoms with E-state index in [1.165, 1.54) is 0 Å². The zero-order valence-electron chi connectivity index (χ0n) is 5.76. The summed E-state index contributed by atoms with van der Waals surface area (Å²) in [5, 5.41) is 0. The smallest absolute Gasteiger partial charge is 0.248 e. The standard InChI is InChI=1S/C7H9NO2/c1-5-6(7(8)9)3-2-4-10-5/h2,4H,3H2,1H3,(H2,8,9). The first-order valence-corrected chi connectivity index (χ1v) is 3.03. The molecule has 0 aliphatic carbocycles. The summed E-state index contributed by atoms with van der Waals surface area (Å²) in [6.45, 7) is 1.73. The molecule has 3 heteroatoms. The fraction of sp³-hybridized carbons (Fsp3) is 0.286. The summed E-state index contributed by atoms with van der Waals surface area (Å²) >= 11 is 0. The molecule has 0 aromatic rings. The lowest BCUT2D eigenvalue weighted by molar-refractivity contribution is -0.114. The lowest BCUT2D eigenvalue weighted by Gasteiger charge is -2.09. The van der Waals surface area contributed by atoms with Crippen LogP contribution < -0.4 is 5.73 Å². The fourth-order valence-corrected chi connectivity index (χ4v) is 0.805. The topological polar surface area (TPSA) is 52.3 Å². The Morgan fingerprint density at radius 3 is 2.90 bits per heavy atom. The van der Waals surface area contributed by atoms with Gasteiger partial charge in [0.15, 0.2) is 0 Å². The number of ether oxygens (including phenoxy) is 1. The molecule has 2 N–H and O–H groups in total. The molecule has 0 aromatic carbocycles. The third-order valence-corrected chi connectivity index (χ3v) is 1.39. The van der Waals surface area contributed by atoms with Crippen molar-refractivity contribution in [2.45, 2.75) is 13.3 Å². The van der Waals surface area contributed by atoms with Gasteiger partial charge in [-0.1, -0.05) is 0 Å². The molecule has 0 saturated carbocycles. The minimum atomic E-state index is -0.401. The predicted octanol–water partition coefficient (Wildman–Crippen LogP) is 0.680. The second-order valence-electron chi connectivity index (χ2n) is 2.09. The van der Waals surface area contributed by atoms with Crippen LogP contribution in [0.15, 0.2) is 23.7 Å². The first-order chi connectivity index (χ1) is 4.72. The van der Waals surface area contributed by atoms with Crippen LogP contribution >= 0.6 is 0 Å². The van der Waals surface area contributed by atoms with Gasteiger partial charge in [-0.25, -0.2) is 0 Å². The molecule has 0 radical (unpaired) electrons. The van der Waals surface area contributed by atoms with E-state index in [0.29, 0.717) is 17.8 Å². The first kappa shape index (κ1) is 6.86. The van der Waals surface area contributed by atoms with E-state index < -0.39 is 5.91 Å². The lowest BCUT2D eigenvalue weighted by Crippen LogP contribution is -2.16. The van der Waals surface area contributed by atoms with Gasteiger partial charge in [0.2, 0.25) is 5.91 Å². The van der Waals surface area contributed by atoms with Crippen LogP contribution in [0.1, 0.15) is 13.3 Å². The third kappa shape index (κ3) is 1.18. The van der Waals surface area contributed by atoms with E-state index in [4.69, 9.17) is 10.5 Å². The molecule has 0 bridgehead atoms. The van der Waals surface area contributed by atoms with E-state index in [-0.39, 0.29) is 0 Å². The number of hydrogen-bond acceptors (Lipinski definition) is 2. The molecular weight excluding hydrogens is 130 g/mol. The average molecular weight is 139 g/mol. The van der Waals surface area contributed by atoms with Gasteiger partial charge in [0, 0.05) is 6.42 Å². The molecule has 10 heavy (non-hydrogen) atoms. The summed E-state index contributed by atoms with van der Waals surface area (Å²) in [5.74, 6) is 0.205. The van der Waals surface area contributed by atoms with Crippen molar-refractivity contribution in [2.75, 3.05) is 0 Å². The summed E-state index contributed by atoms with van der Waals surface area (Å²) < 4.78 is 4.95. The first-order valence-electron chi connectivity index (χ1n) is 3.03. The van der Waals surface area contributed by atoms with Gasteiger partial charge >= 0.3 is 0 Å². The number of nitrogens with two attached hydrogens (primary N) is 1. The molecule has 0 saturated heterocycles. The van der Waals surface area contributed by atoms with Gasteiger partial charge in [-0.2, -0.15) is 0 Å². The number of amides is 1. The van der Waals surface area contributed by atoms with Crippen molar-refractivity contribution in [3.8, 4) is 0 Å². The molecule has 1 amide bonds. The van der Waals surface area contributed by atoms with Crippen molar-refractivity contribution < 1.29 is 9.53 Å². The Kier molecular flexibility index (Phi) is 1.76. The zero-order valence-corrected chi connectivity index (χ0v) is 5.76. The van der Waals surface area contributed by atoms with E-state index in [1.807, 2.05) is 0 Å². The number of hydrogen-bond donors (Lipinski definition) is 1.